The Morgan fingerprint density at radius 2 is 1.75 bits per heavy atom. The number of nitrogens with zero attached hydrogens (tertiary/aromatic N) is 3. The predicted octanol–water partition coefficient (Wildman–Crippen LogP) is 1.38. The molecule has 0 bridgehead atoms. The number of hydrogen-bond donors (Lipinski definition) is 5. The second-order valence-electron chi connectivity index (χ2n) is 7.48. The standard InChI is InChI=1S/C23H30FN7O5/c24-9-12-34-13-14-35-20-5-7-21(8-6-20)36-16-19(32)15-25-10-11-26-23(33)27-18-3-1-17(2-4-18)22-28-30-31-29-22/h1-8,19,25,32H,9-16H2,(H2,26,27,33)(H,28,29,30,31). The molecule has 36 heavy (non-hydrogen) atoms. The number of rotatable bonds is 16. The Balaban J connectivity index is 1.22. The Morgan fingerprint density at radius 1 is 1.00 bits per heavy atom. The van der Waals surface area contributed by atoms with Crippen LogP contribution < -0.4 is 25.4 Å². The van der Waals surface area contributed by atoms with Crippen molar-refractivity contribution in [3.8, 4) is 22.9 Å². The summed E-state index contributed by atoms with van der Waals surface area (Å²) in [7, 11) is 0. The van der Waals surface area contributed by atoms with Crippen molar-refractivity contribution in [2.24, 2.45) is 0 Å². The number of carbonyl (C=O) groups excluding carboxylic acids is 1. The molecule has 3 aromatic rings. The second-order valence-corrected chi connectivity index (χ2v) is 7.48. The summed E-state index contributed by atoms with van der Waals surface area (Å²) < 4.78 is 28.0. The van der Waals surface area contributed by atoms with Crippen molar-refractivity contribution in [2.45, 2.75) is 6.10 Å². The maximum Gasteiger partial charge on any atom is 0.319 e. The number of anilines is 1. The number of hydrogen-bond acceptors (Lipinski definition) is 9. The van der Waals surface area contributed by atoms with E-state index in [0.29, 0.717) is 55.9 Å². The number of carbonyl (C=O) groups is 1. The summed E-state index contributed by atoms with van der Waals surface area (Å²) in [6, 6.07) is 13.7. The summed E-state index contributed by atoms with van der Waals surface area (Å²) in [5.41, 5.74) is 1.41. The summed E-state index contributed by atoms with van der Waals surface area (Å²) >= 11 is 0. The maximum absolute atomic E-state index is 12.0. The Hall–Kier alpha value is -3.81. The van der Waals surface area contributed by atoms with E-state index in [-0.39, 0.29) is 19.2 Å². The first kappa shape index (κ1) is 26.8. The van der Waals surface area contributed by atoms with Gasteiger partial charge in [-0.25, -0.2) is 9.18 Å². The highest BCUT2D eigenvalue weighted by Crippen LogP contribution is 2.18. The zero-order chi connectivity index (χ0) is 25.4. The second kappa shape index (κ2) is 15.2. The Labute approximate surface area is 207 Å². The number of H-pyrrole nitrogens is 1. The van der Waals surface area contributed by atoms with Crippen molar-refractivity contribution in [3.05, 3.63) is 48.5 Å². The molecule has 2 aromatic carbocycles. The fourth-order valence-electron chi connectivity index (χ4n) is 2.95. The van der Waals surface area contributed by atoms with Gasteiger partial charge in [-0.05, 0) is 53.7 Å². The molecule has 1 aromatic heterocycles. The summed E-state index contributed by atoms with van der Waals surface area (Å²) in [6.07, 6.45) is -0.722. The number of benzene rings is 2. The largest absolute Gasteiger partial charge is 0.491 e. The van der Waals surface area contributed by atoms with Crippen molar-refractivity contribution in [1.29, 1.82) is 0 Å². The van der Waals surface area contributed by atoms with Crippen LogP contribution in [0.25, 0.3) is 11.4 Å². The summed E-state index contributed by atoms with van der Waals surface area (Å²) in [5, 5.41) is 32.3. The van der Waals surface area contributed by atoms with E-state index in [1.165, 1.54) is 0 Å². The number of tetrazole rings is 1. The first-order valence-corrected chi connectivity index (χ1v) is 11.4. The number of ether oxygens (including phenoxy) is 3. The molecule has 194 valence electrons. The van der Waals surface area contributed by atoms with Gasteiger partial charge in [0.25, 0.3) is 0 Å². The van der Waals surface area contributed by atoms with Crippen molar-refractivity contribution in [1.82, 2.24) is 31.3 Å². The number of aromatic amines is 1. The molecule has 1 unspecified atom stereocenters. The number of aliphatic hydroxyl groups is 1. The summed E-state index contributed by atoms with van der Waals surface area (Å²) in [6.45, 7) is 1.47. The molecular weight excluding hydrogens is 473 g/mol. The van der Waals surface area contributed by atoms with E-state index < -0.39 is 12.8 Å². The fraction of sp³-hybridized carbons (Fsp3) is 0.391. The lowest BCUT2D eigenvalue weighted by atomic mass is 10.2. The summed E-state index contributed by atoms with van der Waals surface area (Å²) in [5.74, 6) is 1.71. The molecule has 0 saturated heterocycles. The molecule has 12 nitrogen and oxygen atoms in total. The molecule has 3 rings (SSSR count). The predicted molar refractivity (Wildman–Crippen MR) is 130 cm³/mol. The van der Waals surface area contributed by atoms with Crippen LogP contribution >= 0.6 is 0 Å². The lowest BCUT2D eigenvalue weighted by Crippen LogP contribution is -2.38. The zero-order valence-electron chi connectivity index (χ0n) is 19.7. The molecule has 0 saturated carbocycles. The smallest absolute Gasteiger partial charge is 0.319 e. The van der Waals surface area contributed by atoms with Crippen LogP contribution in [0.15, 0.2) is 48.5 Å². The van der Waals surface area contributed by atoms with Gasteiger partial charge in [-0.3, -0.25) is 0 Å². The quantitative estimate of drug-likeness (QED) is 0.182. The van der Waals surface area contributed by atoms with Crippen molar-refractivity contribution < 1.29 is 28.5 Å². The van der Waals surface area contributed by atoms with E-state index in [9.17, 15) is 14.3 Å². The van der Waals surface area contributed by atoms with Crippen LogP contribution in [0, 0.1) is 0 Å². The van der Waals surface area contributed by atoms with E-state index in [1.807, 2.05) is 0 Å². The first-order valence-electron chi connectivity index (χ1n) is 11.4. The van der Waals surface area contributed by atoms with Gasteiger partial charge in [-0.2, -0.15) is 5.21 Å². The average Bonchev–Trinajstić information content (AvgIpc) is 3.43. The van der Waals surface area contributed by atoms with Crippen LogP contribution in [-0.4, -0.2) is 90.6 Å². The molecule has 0 aliphatic rings. The monoisotopic (exact) mass is 503 g/mol. The van der Waals surface area contributed by atoms with E-state index in [4.69, 9.17) is 14.2 Å². The molecule has 0 spiro atoms. The number of halogens is 1. The van der Waals surface area contributed by atoms with Crippen LogP contribution in [0.2, 0.25) is 0 Å². The number of aromatic nitrogens is 4. The maximum atomic E-state index is 12.0. The minimum absolute atomic E-state index is 0.0687. The Morgan fingerprint density at radius 3 is 2.44 bits per heavy atom. The van der Waals surface area contributed by atoms with Crippen LogP contribution in [0.3, 0.4) is 0 Å². The molecular formula is C23H30FN7O5. The SMILES string of the molecule is O=C(NCCNCC(O)COc1ccc(OCCOCCF)cc1)Nc1ccc(-c2nn[nH]n2)cc1. The van der Waals surface area contributed by atoms with Gasteiger partial charge in [0.15, 0.2) is 0 Å². The van der Waals surface area contributed by atoms with Gasteiger partial charge in [0.1, 0.15) is 37.5 Å². The van der Waals surface area contributed by atoms with E-state index in [1.54, 1.807) is 48.5 Å². The lowest BCUT2D eigenvalue weighted by Gasteiger charge is -2.14. The molecule has 1 heterocycles. The lowest BCUT2D eigenvalue weighted by molar-refractivity contribution is 0.0896. The third-order valence-corrected chi connectivity index (χ3v) is 4.70. The Kier molecular flexibility index (Phi) is 11.3. The van der Waals surface area contributed by atoms with Crippen LogP contribution in [0.1, 0.15) is 0 Å². The van der Waals surface area contributed by atoms with Gasteiger partial charge in [-0.1, -0.05) is 0 Å². The third-order valence-electron chi connectivity index (χ3n) is 4.70. The topological polar surface area (TPSA) is 156 Å². The number of amides is 2. The Bertz CT molecular complexity index is 1010. The van der Waals surface area contributed by atoms with Crippen LogP contribution in [0.5, 0.6) is 11.5 Å². The molecule has 2 amide bonds. The van der Waals surface area contributed by atoms with E-state index >= 15 is 0 Å². The highest BCUT2D eigenvalue weighted by atomic mass is 19.1. The fourth-order valence-corrected chi connectivity index (χ4v) is 2.95. The minimum atomic E-state index is -0.722. The third kappa shape index (κ3) is 9.82. The van der Waals surface area contributed by atoms with Gasteiger partial charge in [0.05, 0.1) is 13.2 Å². The van der Waals surface area contributed by atoms with Crippen molar-refractivity contribution in [2.75, 3.05) is 58.1 Å². The normalized spacial score (nSPS) is 11.6. The molecule has 0 aliphatic carbocycles. The minimum Gasteiger partial charge on any atom is -0.491 e. The summed E-state index contributed by atoms with van der Waals surface area (Å²) in [4.78, 5) is 12.0. The first-order chi connectivity index (χ1) is 17.6. The number of nitrogens with one attached hydrogen (secondary N) is 4. The number of alkyl halides is 1. The average molecular weight is 504 g/mol. The zero-order valence-corrected chi connectivity index (χ0v) is 19.7. The van der Waals surface area contributed by atoms with Gasteiger partial charge in [-0.15, -0.1) is 10.2 Å². The van der Waals surface area contributed by atoms with Gasteiger partial charge in [0.2, 0.25) is 5.82 Å². The van der Waals surface area contributed by atoms with Crippen molar-refractivity contribution in [3.63, 3.8) is 0 Å². The van der Waals surface area contributed by atoms with E-state index in [0.717, 1.165) is 5.56 Å². The van der Waals surface area contributed by atoms with Gasteiger partial charge in [0, 0.05) is 30.9 Å². The highest BCUT2D eigenvalue weighted by Gasteiger charge is 2.07. The molecule has 0 fully saturated rings. The van der Waals surface area contributed by atoms with Gasteiger partial charge < -0.3 is 35.3 Å². The number of aliphatic hydroxyl groups excluding tert-OH is 1. The number of urea groups is 1. The molecule has 0 aliphatic heterocycles. The van der Waals surface area contributed by atoms with E-state index in [2.05, 4.69) is 36.6 Å². The highest BCUT2D eigenvalue weighted by molar-refractivity contribution is 5.89. The van der Waals surface area contributed by atoms with Crippen LogP contribution in [0.4, 0.5) is 14.9 Å². The molecule has 1 atom stereocenters. The molecule has 5 N–H and O–H groups in total. The molecule has 0 radical (unpaired) electrons. The van der Waals surface area contributed by atoms with Gasteiger partial charge >= 0.3 is 6.03 Å². The van der Waals surface area contributed by atoms with Crippen molar-refractivity contribution >= 4 is 11.7 Å². The molecule has 13 heteroatoms. The van der Waals surface area contributed by atoms with Crippen LogP contribution in [-0.2, 0) is 4.74 Å².